The van der Waals surface area contributed by atoms with Crippen LogP contribution in [0, 0.1) is 12.3 Å². The molecule has 1 aliphatic rings. The van der Waals surface area contributed by atoms with Crippen molar-refractivity contribution in [3.63, 3.8) is 0 Å². The van der Waals surface area contributed by atoms with E-state index in [4.69, 9.17) is 11.6 Å². The zero-order valence-electron chi connectivity index (χ0n) is 9.42. The van der Waals surface area contributed by atoms with Crippen molar-refractivity contribution >= 4 is 17.4 Å². The molecule has 0 unspecified atom stereocenters. The van der Waals surface area contributed by atoms with Gasteiger partial charge in [0.25, 0.3) is 0 Å². The van der Waals surface area contributed by atoms with Crippen molar-refractivity contribution < 1.29 is 0 Å². The molecular weight excluding hydrogens is 210 g/mol. The number of anilines is 1. The van der Waals surface area contributed by atoms with Crippen LogP contribution < -0.4 is 4.90 Å². The van der Waals surface area contributed by atoms with E-state index in [9.17, 15) is 0 Å². The van der Waals surface area contributed by atoms with Gasteiger partial charge in [-0.1, -0.05) is 13.8 Å². The Morgan fingerprint density at radius 2 is 2.20 bits per heavy atom. The molecule has 1 aliphatic heterocycles. The second-order valence-corrected chi connectivity index (χ2v) is 5.32. The van der Waals surface area contributed by atoms with Crippen LogP contribution in [0.4, 0.5) is 5.82 Å². The molecule has 0 saturated carbocycles. The number of hydrogen-bond donors (Lipinski definition) is 0. The number of aryl methyl sites for hydroxylation is 1. The lowest BCUT2D eigenvalue weighted by molar-refractivity contribution is 0.418. The molecular formula is C11H16ClN3. The normalized spacial score (nSPS) is 19.6. The summed E-state index contributed by atoms with van der Waals surface area (Å²) < 4.78 is 0. The standard InChI is InChI=1S/C11H16ClN3/c1-8-6-13-10(12)14-9(8)15-5-4-11(2,3)7-15/h6H,4-5,7H2,1-3H3. The Morgan fingerprint density at radius 3 is 2.80 bits per heavy atom. The summed E-state index contributed by atoms with van der Waals surface area (Å²) in [5, 5.41) is 0.334. The Bertz CT molecular complexity index is 376. The van der Waals surface area contributed by atoms with Crippen molar-refractivity contribution in [2.24, 2.45) is 5.41 Å². The van der Waals surface area contributed by atoms with Gasteiger partial charge in [-0.05, 0) is 30.4 Å². The molecule has 0 atom stereocenters. The summed E-state index contributed by atoms with van der Waals surface area (Å²) in [6, 6.07) is 0. The summed E-state index contributed by atoms with van der Waals surface area (Å²) >= 11 is 5.82. The molecule has 15 heavy (non-hydrogen) atoms. The third-order valence-electron chi connectivity index (χ3n) is 2.89. The molecule has 1 aromatic rings. The third kappa shape index (κ3) is 2.23. The summed E-state index contributed by atoms with van der Waals surface area (Å²) in [7, 11) is 0. The van der Waals surface area contributed by atoms with Crippen LogP contribution in [0.25, 0.3) is 0 Å². The van der Waals surface area contributed by atoms with Gasteiger partial charge in [-0.25, -0.2) is 9.97 Å². The smallest absolute Gasteiger partial charge is 0.224 e. The Labute approximate surface area is 95.5 Å². The average Bonchev–Trinajstić information content (AvgIpc) is 2.50. The van der Waals surface area contributed by atoms with E-state index in [0.717, 1.165) is 24.5 Å². The predicted molar refractivity (Wildman–Crippen MR) is 62.4 cm³/mol. The van der Waals surface area contributed by atoms with E-state index in [1.807, 2.05) is 6.92 Å². The molecule has 82 valence electrons. The van der Waals surface area contributed by atoms with Gasteiger partial charge in [0.2, 0.25) is 5.28 Å². The molecule has 0 aromatic carbocycles. The van der Waals surface area contributed by atoms with Gasteiger partial charge < -0.3 is 4.90 Å². The molecule has 0 bridgehead atoms. The molecule has 1 saturated heterocycles. The Hall–Kier alpha value is -0.830. The minimum Gasteiger partial charge on any atom is -0.356 e. The molecule has 0 amide bonds. The molecule has 2 heterocycles. The zero-order valence-corrected chi connectivity index (χ0v) is 10.2. The lowest BCUT2D eigenvalue weighted by atomic mass is 9.93. The van der Waals surface area contributed by atoms with Crippen molar-refractivity contribution in [1.82, 2.24) is 9.97 Å². The first-order valence-corrected chi connectivity index (χ1v) is 5.60. The lowest BCUT2D eigenvalue weighted by Gasteiger charge is -2.21. The number of aromatic nitrogens is 2. The molecule has 3 nitrogen and oxygen atoms in total. The van der Waals surface area contributed by atoms with E-state index in [1.54, 1.807) is 6.20 Å². The van der Waals surface area contributed by atoms with Gasteiger partial charge in [-0.3, -0.25) is 0 Å². The van der Waals surface area contributed by atoms with E-state index in [-0.39, 0.29) is 0 Å². The topological polar surface area (TPSA) is 29.0 Å². The number of rotatable bonds is 1. The quantitative estimate of drug-likeness (QED) is 0.689. The molecule has 0 radical (unpaired) electrons. The maximum atomic E-state index is 5.82. The first-order chi connectivity index (χ1) is 6.98. The Morgan fingerprint density at radius 1 is 1.47 bits per heavy atom. The fourth-order valence-corrected chi connectivity index (χ4v) is 2.15. The van der Waals surface area contributed by atoms with Crippen LogP contribution in [-0.2, 0) is 0 Å². The van der Waals surface area contributed by atoms with Gasteiger partial charge in [-0.15, -0.1) is 0 Å². The highest BCUT2D eigenvalue weighted by Crippen LogP contribution is 2.32. The van der Waals surface area contributed by atoms with E-state index in [1.165, 1.54) is 6.42 Å². The fraction of sp³-hybridized carbons (Fsp3) is 0.636. The highest BCUT2D eigenvalue weighted by molar-refractivity contribution is 6.28. The van der Waals surface area contributed by atoms with E-state index >= 15 is 0 Å². The number of halogens is 1. The molecule has 0 spiro atoms. The van der Waals surface area contributed by atoms with Crippen LogP contribution in [0.3, 0.4) is 0 Å². The second kappa shape index (κ2) is 3.63. The summed E-state index contributed by atoms with van der Waals surface area (Å²) in [5.74, 6) is 0.987. The van der Waals surface area contributed by atoms with E-state index in [2.05, 4.69) is 28.7 Å². The van der Waals surface area contributed by atoms with Gasteiger partial charge in [0.15, 0.2) is 0 Å². The van der Waals surface area contributed by atoms with Crippen molar-refractivity contribution in [3.05, 3.63) is 17.0 Å². The minimum absolute atomic E-state index is 0.334. The Balaban J connectivity index is 2.27. The first-order valence-electron chi connectivity index (χ1n) is 5.22. The van der Waals surface area contributed by atoms with Gasteiger partial charge in [0.1, 0.15) is 5.82 Å². The Kier molecular flexibility index (Phi) is 2.59. The van der Waals surface area contributed by atoms with Crippen LogP contribution >= 0.6 is 11.6 Å². The number of nitrogens with zero attached hydrogens (tertiary/aromatic N) is 3. The van der Waals surface area contributed by atoms with E-state index < -0.39 is 0 Å². The minimum atomic E-state index is 0.334. The van der Waals surface area contributed by atoms with Crippen LogP contribution in [-0.4, -0.2) is 23.1 Å². The average molecular weight is 226 g/mol. The maximum absolute atomic E-state index is 5.82. The van der Waals surface area contributed by atoms with Crippen molar-refractivity contribution in [2.45, 2.75) is 27.2 Å². The lowest BCUT2D eigenvalue weighted by Crippen LogP contribution is -2.24. The zero-order chi connectivity index (χ0) is 11.1. The van der Waals surface area contributed by atoms with Gasteiger partial charge in [-0.2, -0.15) is 0 Å². The van der Waals surface area contributed by atoms with Crippen molar-refractivity contribution in [2.75, 3.05) is 18.0 Å². The molecule has 2 rings (SSSR count). The predicted octanol–water partition coefficient (Wildman–Crippen LogP) is 2.67. The van der Waals surface area contributed by atoms with Crippen LogP contribution in [0.5, 0.6) is 0 Å². The van der Waals surface area contributed by atoms with Crippen LogP contribution in [0.1, 0.15) is 25.8 Å². The molecule has 1 fully saturated rings. The summed E-state index contributed by atoms with van der Waals surface area (Å²) in [5.41, 5.74) is 1.47. The third-order valence-corrected chi connectivity index (χ3v) is 3.07. The van der Waals surface area contributed by atoms with Gasteiger partial charge in [0, 0.05) is 24.8 Å². The monoisotopic (exact) mass is 225 g/mol. The summed E-state index contributed by atoms with van der Waals surface area (Å²) in [6.45, 7) is 8.69. The highest BCUT2D eigenvalue weighted by Gasteiger charge is 2.30. The van der Waals surface area contributed by atoms with Crippen LogP contribution in [0.15, 0.2) is 6.20 Å². The highest BCUT2D eigenvalue weighted by atomic mass is 35.5. The van der Waals surface area contributed by atoms with Crippen LogP contribution in [0.2, 0.25) is 5.28 Å². The van der Waals surface area contributed by atoms with E-state index in [0.29, 0.717) is 10.7 Å². The molecule has 0 N–H and O–H groups in total. The molecule has 1 aromatic heterocycles. The maximum Gasteiger partial charge on any atom is 0.224 e. The van der Waals surface area contributed by atoms with Gasteiger partial charge >= 0.3 is 0 Å². The van der Waals surface area contributed by atoms with Gasteiger partial charge in [0.05, 0.1) is 0 Å². The molecule has 4 heteroatoms. The summed E-state index contributed by atoms with van der Waals surface area (Å²) in [4.78, 5) is 10.6. The van der Waals surface area contributed by atoms with Crippen molar-refractivity contribution in [1.29, 1.82) is 0 Å². The second-order valence-electron chi connectivity index (χ2n) is 4.98. The molecule has 0 aliphatic carbocycles. The largest absolute Gasteiger partial charge is 0.356 e. The first kappa shape index (κ1) is 10.7. The SMILES string of the molecule is Cc1cnc(Cl)nc1N1CCC(C)(C)C1. The van der Waals surface area contributed by atoms with Crippen molar-refractivity contribution in [3.8, 4) is 0 Å². The summed E-state index contributed by atoms with van der Waals surface area (Å²) in [6.07, 6.45) is 2.99. The fourth-order valence-electron chi connectivity index (χ4n) is 2.03. The number of hydrogen-bond acceptors (Lipinski definition) is 3.